The molecule has 166 valence electrons. The molecule has 4 rings (SSSR count). The van der Waals surface area contributed by atoms with E-state index in [0.717, 1.165) is 56.7 Å². The molecule has 1 aromatic heterocycles. The largest absolute Gasteiger partial charge is 0.326 e. The Kier molecular flexibility index (Phi) is 6.96. The minimum atomic E-state index is -0.400. The van der Waals surface area contributed by atoms with E-state index in [2.05, 4.69) is 51.6 Å². The van der Waals surface area contributed by atoms with Crippen LogP contribution in [-0.2, 0) is 23.2 Å². The Labute approximate surface area is 189 Å². The highest BCUT2D eigenvalue weighted by Crippen LogP contribution is 2.39. The van der Waals surface area contributed by atoms with E-state index in [0.29, 0.717) is 0 Å². The lowest BCUT2D eigenvalue weighted by atomic mass is 9.71. The second-order valence-electron chi connectivity index (χ2n) is 8.77. The third kappa shape index (κ3) is 5.60. The molecule has 0 atom stereocenters. The predicted octanol–water partition coefficient (Wildman–Crippen LogP) is 5.35. The van der Waals surface area contributed by atoms with E-state index in [1.165, 1.54) is 24.1 Å². The Morgan fingerprint density at radius 1 is 0.969 bits per heavy atom. The molecule has 2 heterocycles. The SMILES string of the molecule is CC(=O)Nc1ccc(CN2CCC(CCc3ccccc3)(c3cccc(F)n3)CC2)cc1. The van der Waals surface area contributed by atoms with Gasteiger partial charge >= 0.3 is 0 Å². The van der Waals surface area contributed by atoms with Gasteiger partial charge in [-0.2, -0.15) is 4.39 Å². The number of rotatable bonds is 7. The first-order chi connectivity index (χ1) is 15.5. The summed E-state index contributed by atoms with van der Waals surface area (Å²) in [6.45, 7) is 4.27. The van der Waals surface area contributed by atoms with Gasteiger partial charge < -0.3 is 5.32 Å². The Balaban J connectivity index is 1.44. The van der Waals surface area contributed by atoms with Gasteiger partial charge in [0.1, 0.15) is 0 Å². The number of benzene rings is 2. The fraction of sp³-hybridized carbons (Fsp3) is 0.333. The monoisotopic (exact) mass is 431 g/mol. The van der Waals surface area contributed by atoms with Crippen LogP contribution in [0.4, 0.5) is 10.1 Å². The summed E-state index contributed by atoms with van der Waals surface area (Å²) in [5, 5.41) is 2.81. The normalized spacial score (nSPS) is 15.9. The second-order valence-corrected chi connectivity index (χ2v) is 8.77. The maximum Gasteiger partial charge on any atom is 0.221 e. The number of nitrogens with zero attached hydrogens (tertiary/aromatic N) is 2. The number of nitrogens with one attached hydrogen (secondary N) is 1. The van der Waals surface area contributed by atoms with Crippen molar-refractivity contribution < 1.29 is 9.18 Å². The smallest absolute Gasteiger partial charge is 0.221 e. The molecule has 1 amide bonds. The van der Waals surface area contributed by atoms with Gasteiger partial charge in [0, 0.05) is 30.3 Å². The van der Waals surface area contributed by atoms with Gasteiger partial charge in [-0.1, -0.05) is 48.5 Å². The van der Waals surface area contributed by atoms with Crippen LogP contribution in [0.3, 0.4) is 0 Å². The second kappa shape index (κ2) is 10.0. The van der Waals surface area contributed by atoms with Crippen molar-refractivity contribution in [2.45, 2.75) is 44.6 Å². The number of likely N-dealkylation sites (tertiary alicyclic amines) is 1. The van der Waals surface area contributed by atoms with E-state index in [4.69, 9.17) is 0 Å². The molecule has 1 aliphatic heterocycles. The van der Waals surface area contributed by atoms with Crippen LogP contribution in [0.2, 0.25) is 0 Å². The first-order valence-electron chi connectivity index (χ1n) is 11.3. The number of carbonyl (C=O) groups is 1. The summed E-state index contributed by atoms with van der Waals surface area (Å²) in [5.41, 5.74) is 4.12. The molecule has 1 fully saturated rings. The number of aromatic nitrogens is 1. The van der Waals surface area contributed by atoms with Gasteiger partial charge in [-0.05, 0) is 74.2 Å². The van der Waals surface area contributed by atoms with Crippen molar-refractivity contribution in [1.82, 2.24) is 9.88 Å². The van der Waals surface area contributed by atoms with E-state index in [1.807, 2.05) is 24.3 Å². The van der Waals surface area contributed by atoms with Gasteiger partial charge in [0.2, 0.25) is 11.9 Å². The molecular weight excluding hydrogens is 401 g/mol. The topological polar surface area (TPSA) is 45.2 Å². The lowest BCUT2D eigenvalue weighted by Crippen LogP contribution is -2.43. The lowest BCUT2D eigenvalue weighted by molar-refractivity contribution is -0.114. The number of hydrogen-bond donors (Lipinski definition) is 1. The summed E-state index contributed by atoms with van der Waals surface area (Å²) in [5.74, 6) is -0.463. The molecule has 32 heavy (non-hydrogen) atoms. The van der Waals surface area contributed by atoms with Gasteiger partial charge in [-0.15, -0.1) is 0 Å². The van der Waals surface area contributed by atoms with Gasteiger partial charge in [0.05, 0.1) is 0 Å². The first-order valence-corrected chi connectivity index (χ1v) is 11.3. The van der Waals surface area contributed by atoms with Crippen LogP contribution in [0.5, 0.6) is 0 Å². The van der Waals surface area contributed by atoms with Crippen LogP contribution >= 0.6 is 0 Å². The number of piperidine rings is 1. The Hall–Kier alpha value is -3.05. The highest BCUT2D eigenvalue weighted by atomic mass is 19.1. The number of halogens is 1. The summed E-state index contributed by atoms with van der Waals surface area (Å²) in [7, 11) is 0. The first kappa shape index (κ1) is 22.2. The molecule has 1 N–H and O–H groups in total. The van der Waals surface area contributed by atoms with Crippen LogP contribution in [0.1, 0.15) is 43.0 Å². The predicted molar refractivity (Wildman–Crippen MR) is 126 cm³/mol. The molecule has 0 saturated carbocycles. The Bertz CT molecular complexity index is 1030. The van der Waals surface area contributed by atoms with E-state index in [1.54, 1.807) is 6.07 Å². The van der Waals surface area contributed by atoms with Crippen LogP contribution in [-0.4, -0.2) is 28.9 Å². The van der Waals surface area contributed by atoms with Crippen molar-refractivity contribution in [2.75, 3.05) is 18.4 Å². The van der Waals surface area contributed by atoms with E-state index in [9.17, 15) is 9.18 Å². The quantitative estimate of drug-likeness (QED) is 0.513. The van der Waals surface area contributed by atoms with Crippen molar-refractivity contribution >= 4 is 11.6 Å². The standard InChI is InChI=1S/C27H30FN3O/c1-21(32)29-24-12-10-23(11-13-24)20-31-18-16-27(17-19-31,25-8-5-9-26(28)30-25)15-14-22-6-3-2-4-7-22/h2-13H,14-20H2,1H3,(H,29,32). The fourth-order valence-corrected chi connectivity index (χ4v) is 4.66. The Morgan fingerprint density at radius 2 is 1.69 bits per heavy atom. The van der Waals surface area contributed by atoms with Gasteiger partial charge in [-0.3, -0.25) is 9.69 Å². The summed E-state index contributed by atoms with van der Waals surface area (Å²) in [4.78, 5) is 18.0. The molecule has 3 aromatic rings. The summed E-state index contributed by atoms with van der Waals surface area (Å²) < 4.78 is 14.0. The average Bonchev–Trinajstić information content (AvgIpc) is 2.80. The van der Waals surface area contributed by atoms with E-state index >= 15 is 0 Å². The van der Waals surface area contributed by atoms with Crippen LogP contribution in [0.15, 0.2) is 72.8 Å². The zero-order chi connectivity index (χ0) is 22.4. The van der Waals surface area contributed by atoms with Crippen LogP contribution < -0.4 is 5.32 Å². The third-order valence-electron chi connectivity index (χ3n) is 6.49. The number of pyridine rings is 1. The molecular formula is C27H30FN3O. The maximum absolute atomic E-state index is 14.0. The number of carbonyl (C=O) groups excluding carboxylic acids is 1. The molecule has 1 saturated heterocycles. The molecule has 0 unspecified atom stereocenters. The summed E-state index contributed by atoms with van der Waals surface area (Å²) in [6.07, 6.45) is 3.84. The number of anilines is 1. The molecule has 0 spiro atoms. The zero-order valence-electron chi connectivity index (χ0n) is 18.6. The summed E-state index contributed by atoms with van der Waals surface area (Å²) >= 11 is 0. The molecule has 5 heteroatoms. The van der Waals surface area contributed by atoms with Crippen molar-refractivity contribution in [3.8, 4) is 0 Å². The number of amides is 1. The minimum Gasteiger partial charge on any atom is -0.326 e. The third-order valence-corrected chi connectivity index (χ3v) is 6.49. The zero-order valence-corrected chi connectivity index (χ0v) is 18.6. The maximum atomic E-state index is 14.0. The highest BCUT2D eigenvalue weighted by molar-refractivity contribution is 5.88. The van der Waals surface area contributed by atoms with Crippen LogP contribution in [0, 0.1) is 5.95 Å². The molecule has 1 aliphatic rings. The number of hydrogen-bond acceptors (Lipinski definition) is 3. The lowest BCUT2D eigenvalue weighted by Gasteiger charge is -2.42. The van der Waals surface area contributed by atoms with E-state index in [-0.39, 0.29) is 11.3 Å². The average molecular weight is 432 g/mol. The van der Waals surface area contributed by atoms with E-state index < -0.39 is 5.95 Å². The van der Waals surface area contributed by atoms with Crippen molar-refractivity contribution in [2.24, 2.45) is 0 Å². The molecule has 2 aromatic carbocycles. The van der Waals surface area contributed by atoms with Gasteiger partial charge in [0.15, 0.2) is 0 Å². The van der Waals surface area contributed by atoms with Crippen molar-refractivity contribution in [1.29, 1.82) is 0 Å². The highest BCUT2D eigenvalue weighted by Gasteiger charge is 2.37. The van der Waals surface area contributed by atoms with Crippen molar-refractivity contribution in [3.63, 3.8) is 0 Å². The molecule has 0 bridgehead atoms. The molecule has 0 radical (unpaired) electrons. The van der Waals surface area contributed by atoms with Crippen molar-refractivity contribution in [3.05, 3.63) is 95.6 Å². The fourth-order valence-electron chi connectivity index (χ4n) is 4.66. The summed E-state index contributed by atoms with van der Waals surface area (Å²) in [6, 6.07) is 23.7. The van der Waals surface area contributed by atoms with Crippen LogP contribution in [0.25, 0.3) is 0 Å². The Morgan fingerprint density at radius 3 is 2.34 bits per heavy atom. The molecule has 0 aliphatic carbocycles. The van der Waals surface area contributed by atoms with Gasteiger partial charge in [0.25, 0.3) is 0 Å². The van der Waals surface area contributed by atoms with Gasteiger partial charge in [-0.25, -0.2) is 4.98 Å². The minimum absolute atomic E-state index is 0.0634. The molecule has 4 nitrogen and oxygen atoms in total. The number of aryl methyl sites for hydroxylation is 1.